The SMILES string of the molecule is CCn1c(C)cc(C(=O)COC(=O)c2nn(-c3ccccc3Cl)c(C)cc2=O)c1C. The van der Waals surface area contributed by atoms with Gasteiger partial charge in [0, 0.05) is 35.3 Å². The van der Waals surface area contributed by atoms with Gasteiger partial charge in [-0.3, -0.25) is 9.59 Å². The largest absolute Gasteiger partial charge is 0.452 e. The highest BCUT2D eigenvalue weighted by molar-refractivity contribution is 6.32. The number of aromatic nitrogens is 3. The first-order chi connectivity index (χ1) is 14.2. The molecule has 0 aliphatic heterocycles. The van der Waals surface area contributed by atoms with Gasteiger partial charge in [0.15, 0.2) is 6.61 Å². The van der Waals surface area contributed by atoms with E-state index in [1.807, 2.05) is 25.3 Å². The Hall–Kier alpha value is -3.19. The molecule has 3 aromatic rings. The second-order valence-electron chi connectivity index (χ2n) is 6.89. The molecule has 1 aromatic carbocycles. The highest BCUT2D eigenvalue weighted by atomic mass is 35.5. The zero-order valence-corrected chi connectivity index (χ0v) is 18.0. The summed E-state index contributed by atoms with van der Waals surface area (Å²) in [5.41, 5.74) is 2.29. The van der Waals surface area contributed by atoms with Crippen LogP contribution in [0.1, 0.15) is 44.9 Å². The van der Waals surface area contributed by atoms with Crippen LogP contribution in [0.3, 0.4) is 0 Å². The third-order valence-electron chi connectivity index (χ3n) is 4.91. The predicted octanol–water partition coefficient (Wildman–Crippen LogP) is 3.67. The van der Waals surface area contributed by atoms with E-state index >= 15 is 0 Å². The molecular formula is C22H22ClN3O4. The fourth-order valence-corrected chi connectivity index (χ4v) is 3.62. The summed E-state index contributed by atoms with van der Waals surface area (Å²) in [5, 5.41) is 4.55. The minimum Gasteiger partial charge on any atom is -0.452 e. The first kappa shape index (κ1) is 21.5. The van der Waals surface area contributed by atoms with Crippen LogP contribution in [0, 0.1) is 20.8 Å². The monoisotopic (exact) mass is 427 g/mol. The topological polar surface area (TPSA) is 83.2 Å². The number of rotatable bonds is 6. The van der Waals surface area contributed by atoms with Crippen LogP contribution in [0.25, 0.3) is 5.69 Å². The first-order valence-electron chi connectivity index (χ1n) is 9.47. The molecule has 0 spiro atoms. The molecule has 8 heteroatoms. The van der Waals surface area contributed by atoms with Crippen LogP contribution >= 0.6 is 11.6 Å². The van der Waals surface area contributed by atoms with Crippen molar-refractivity contribution in [2.24, 2.45) is 0 Å². The number of carbonyl (C=O) groups excluding carboxylic acids is 2. The zero-order chi connectivity index (χ0) is 22.0. The second-order valence-corrected chi connectivity index (χ2v) is 7.30. The average Bonchev–Trinajstić information content (AvgIpc) is 3.00. The molecule has 30 heavy (non-hydrogen) atoms. The van der Waals surface area contributed by atoms with Gasteiger partial charge >= 0.3 is 5.97 Å². The number of Topliss-reactive ketones (excluding diaryl/α,β-unsaturated/α-hetero) is 1. The summed E-state index contributed by atoms with van der Waals surface area (Å²) < 4.78 is 8.52. The molecule has 0 unspecified atom stereocenters. The maximum Gasteiger partial charge on any atom is 0.363 e. The van der Waals surface area contributed by atoms with E-state index in [4.69, 9.17) is 16.3 Å². The van der Waals surface area contributed by atoms with Crippen molar-refractivity contribution in [2.75, 3.05) is 6.61 Å². The van der Waals surface area contributed by atoms with Crippen LogP contribution in [0.2, 0.25) is 5.02 Å². The summed E-state index contributed by atoms with van der Waals surface area (Å²) in [5.74, 6) is -1.30. The summed E-state index contributed by atoms with van der Waals surface area (Å²) in [4.78, 5) is 37.4. The van der Waals surface area contributed by atoms with Gasteiger partial charge in [-0.2, -0.15) is 5.10 Å². The number of esters is 1. The summed E-state index contributed by atoms with van der Waals surface area (Å²) in [6.07, 6.45) is 0. The van der Waals surface area contributed by atoms with Gasteiger partial charge in [0.2, 0.25) is 16.9 Å². The van der Waals surface area contributed by atoms with E-state index in [9.17, 15) is 14.4 Å². The molecule has 2 aromatic heterocycles. The highest BCUT2D eigenvalue weighted by Gasteiger charge is 2.21. The van der Waals surface area contributed by atoms with Crippen molar-refractivity contribution in [1.29, 1.82) is 0 Å². The number of carbonyl (C=O) groups is 2. The van der Waals surface area contributed by atoms with Gasteiger partial charge in [-0.05, 0) is 45.9 Å². The van der Waals surface area contributed by atoms with Crippen LogP contribution in [0.4, 0.5) is 0 Å². The molecule has 7 nitrogen and oxygen atoms in total. The lowest BCUT2D eigenvalue weighted by molar-refractivity contribution is 0.0465. The molecule has 0 atom stereocenters. The molecule has 0 fully saturated rings. The van der Waals surface area contributed by atoms with Crippen molar-refractivity contribution in [3.8, 4) is 5.69 Å². The van der Waals surface area contributed by atoms with Crippen molar-refractivity contribution in [2.45, 2.75) is 34.2 Å². The minimum atomic E-state index is -0.960. The lowest BCUT2D eigenvalue weighted by Crippen LogP contribution is -2.26. The third-order valence-corrected chi connectivity index (χ3v) is 5.23. The average molecular weight is 428 g/mol. The molecule has 0 N–H and O–H groups in total. The van der Waals surface area contributed by atoms with E-state index in [1.165, 1.54) is 10.7 Å². The summed E-state index contributed by atoms with van der Waals surface area (Å²) >= 11 is 6.21. The van der Waals surface area contributed by atoms with Gasteiger partial charge in [-0.15, -0.1) is 0 Å². The Bertz CT molecular complexity index is 1190. The van der Waals surface area contributed by atoms with Gasteiger partial charge in [-0.1, -0.05) is 23.7 Å². The Morgan fingerprint density at radius 3 is 2.43 bits per heavy atom. The molecular weight excluding hydrogens is 406 g/mol. The minimum absolute atomic E-state index is 0.338. The highest BCUT2D eigenvalue weighted by Crippen LogP contribution is 2.20. The van der Waals surface area contributed by atoms with Gasteiger partial charge in [0.1, 0.15) is 0 Å². The third kappa shape index (κ3) is 4.07. The standard InChI is InChI=1S/C22H22ClN3O4/c1-5-25-13(2)10-16(15(25)4)20(28)12-30-22(29)21-19(27)11-14(3)26(24-21)18-9-7-6-8-17(18)23/h6-11H,5,12H2,1-4H3. The summed E-state index contributed by atoms with van der Waals surface area (Å²) in [6.45, 7) is 7.68. The number of ketones is 1. The first-order valence-corrected chi connectivity index (χ1v) is 9.85. The molecule has 3 rings (SSSR count). The predicted molar refractivity (Wildman–Crippen MR) is 114 cm³/mol. The van der Waals surface area contributed by atoms with E-state index in [1.54, 1.807) is 37.3 Å². The van der Waals surface area contributed by atoms with E-state index < -0.39 is 23.7 Å². The van der Waals surface area contributed by atoms with E-state index in [2.05, 4.69) is 5.10 Å². The maximum atomic E-state index is 12.5. The van der Waals surface area contributed by atoms with Crippen LogP contribution in [0.15, 0.2) is 41.2 Å². The number of aryl methyl sites for hydroxylation is 2. The zero-order valence-electron chi connectivity index (χ0n) is 17.2. The number of ether oxygens (including phenoxy) is 1. The number of hydrogen-bond donors (Lipinski definition) is 0. The molecule has 0 saturated heterocycles. The van der Waals surface area contributed by atoms with Gasteiger partial charge in [0.05, 0.1) is 10.7 Å². The molecule has 0 aliphatic carbocycles. The van der Waals surface area contributed by atoms with Crippen LogP contribution < -0.4 is 5.43 Å². The van der Waals surface area contributed by atoms with Crippen molar-refractivity contribution in [1.82, 2.24) is 14.3 Å². The van der Waals surface area contributed by atoms with Crippen molar-refractivity contribution in [3.63, 3.8) is 0 Å². The smallest absolute Gasteiger partial charge is 0.363 e. The molecule has 0 amide bonds. The van der Waals surface area contributed by atoms with E-state index in [0.717, 1.165) is 17.9 Å². The van der Waals surface area contributed by atoms with E-state index in [0.29, 0.717) is 22.0 Å². The Labute approximate surface area is 178 Å². The fourth-order valence-electron chi connectivity index (χ4n) is 3.40. The second kappa shape index (κ2) is 8.67. The maximum absolute atomic E-state index is 12.5. The molecule has 0 saturated carbocycles. The summed E-state index contributed by atoms with van der Waals surface area (Å²) in [6, 6.07) is 9.98. The van der Waals surface area contributed by atoms with Crippen molar-refractivity contribution in [3.05, 3.63) is 80.0 Å². The molecule has 0 radical (unpaired) electrons. The molecule has 156 valence electrons. The Balaban J connectivity index is 1.84. The summed E-state index contributed by atoms with van der Waals surface area (Å²) in [7, 11) is 0. The lowest BCUT2D eigenvalue weighted by atomic mass is 10.1. The van der Waals surface area contributed by atoms with Gasteiger partial charge in [0.25, 0.3) is 0 Å². The van der Waals surface area contributed by atoms with Crippen molar-refractivity contribution < 1.29 is 14.3 Å². The normalized spacial score (nSPS) is 10.8. The van der Waals surface area contributed by atoms with Crippen LogP contribution in [0.5, 0.6) is 0 Å². The Morgan fingerprint density at radius 1 is 1.10 bits per heavy atom. The fraction of sp³-hybridized carbons (Fsp3) is 0.273. The number of halogens is 1. The quantitative estimate of drug-likeness (QED) is 0.442. The van der Waals surface area contributed by atoms with Gasteiger partial charge in [-0.25, -0.2) is 9.48 Å². The van der Waals surface area contributed by atoms with Crippen LogP contribution in [-0.2, 0) is 11.3 Å². The molecule has 0 bridgehead atoms. The Morgan fingerprint density at radius 2 is 1.80 bits per heavy atom. The van der Waals surface area contributed by atoms with Crippen molar-refractivity contribution >= 4 is 23.4 Å². The van der Waals surface area contributed by atoms with Crippen LogP contribution in [-0.4, -0.2) is 32.7 Å². The Kier molecular flexibility index (Phi) is 6.22. The van der Waals surface area contributed by atoms with E-state index in [-0.39, 0.29) is 5.78 Å². The van der Waals surface area contributed by atoms with Gasteiger partial charge < -0.3 is 9.30 Å². The molecule has 2 heterocycles. The number of nitrogens with zero attached hydrogens (tertiary/aromatic N) is 3. The lowest BCUT2D eigenvalue weighted by Gasteiger charge is -2.12. The number of benzene rings is 1. The number of para-hydroxylation sites is 1. The number of hydrogen-bond acceptors (Lipinski definition) is 5. The molecule has 0 aliphatic rings.